The summed E-state index contributed by atoms with van der Waals surface area (Å²) in [5.41, 5.74) is 4.50. The first kappa shape index (κ1) is 15.2. The van der Waals surface area contributed by atoms with Crippen LogP contribution in [-0.4, -0.2) is 14.6 Å². The van der Waals surface area contributed by atoms with Gasteiger partial charge in [0.1, 0.15) is 0 Å². The van der Waals surface area contributed by atoms with E-state index in [-0.39, 0.29) is 0 Å². The van der Waals surface area contributed by atoms with E-state index in [4.69, 9.17) is 0 Å². The van der Waals surface area contributed by atoms with Crippen LogP contribution in [0.4, 0.5) is 0 Å². The van der Waals surface area contributed by atoms with E-state index in [2.05, 4.69) is 83.2 Å². The third kappa shape index (κ3) is 2.59. The van der Waals surface area contributed by atoms with Crippen LogP contribution < -0.4 is 0 Å². The maximum absolute atomic E-state index is 4.40. The molecule has 116 valence electrons. The third-order valence-electron chi connectivity index (χ3n) is 3.96. The maximum Gasteiger partial charge on any atom is 0.168 e. The van der Waals surface area contributed by atoms with Gasteiger partial charge in [-0.3, -0.25) is 4.40 Å². The van der Waals surface area contributed by atoms with Gasteiger partial charge in [-0.25, -0.2) is 0 Å². The number of pyridine rings is 1. The van der Waals surface area contributed by atoms with Gasteiger partial charge in [-0.05, 0) is 30.9 Å². The molecule has 0 aliphatic rings. The Bertz CT molecular complexity index is 950. The van der Waals surface area contributed by atoms with Gasteiger partial charge in [-0.1, -0.05) is 61.9 Å². The number of benzene rings is 2. The Morgan fingerprint density at radius 1 is 0.783 bits per heavy atom. The summed E-state index contributed by atoms with van der Waals surface area (Å²) >= 11 is 0. The number of hydrogen-bond donors (Lipinski definition) is 0. The molecule has 0 saturated heterocycles. The van der Waals surface area contributed by atoms with Crippen LogP contribution in [-0.2, 0) is 0 Å². The first-order valence-electron chi connectivity index (χ1n) is 8.04. The first-order chi connectivity index (χ1) is 11.2. The molecule has 0 atom stereocenters. The molecule has 0 aliphatic carbocycles. The van der Waals surface area contributed by atoms with Gasteiger partial charge < -0.3 is 0 Å². The lowest BCUT2D eigenvalue weighted by molar-refractivity contribution is 1.11. The average Bonchev–Trinajstić information content (AvgIpc) is 3.02. The predicted molar refractivity (Wildman–Crippen MR) is 96.8 cm³/mol. The second kappa shape index (κ2) is 6.21. The fourth-order valence-electron chi connectivity index (χ4n) is 2.76. The van der Waals surface area contributed by atoms with E-state index < -0.39 is 0 Å². The molecule has 23 heavy (non-hydrogen) atoms. The van der Waals surface area contributed by atoms with E-state index in [1.54, 1.807) is 0 Å². The van der Waals surface area contributed by atoms with Crippen molar-refractivity contribution in [3.05, 3.63) is 65.9 Å². The van der Waals surface area contributed by atoms with Gasteiger partial charge in [-0.2, -0.15) is 0 Å². The van der Waals surface area contributed by atoms with Gasteiger partial charge in [0.2, 0.25) is 0 Å². The number of rotatable bonds is 1. The van der Waals surface area contributed by atoms with Gasteiger partial charge in [0.15, 0.2) is 11.5 Å². The molecule has 0 radical (unpaired) electrons. The Labute approximate surface area is 136 Å². The molecule has 0 spiro atoms. The fraction of sp³-hybridized carbons (Fsp3) is 0.200. The van der Waals surface area contributed by atoms with E-state index in [0.717, 1.165) is 22.4 Å². The highest BCUT2D eigenvalue weighted by atomic mass is 15.2. The van der Waals surface area contributed by atoms with Crippen molar-refractivity contribution >= 4 is 16.4 Å². The van der Waals surface area contributed by atoms with Crippen LogP contribution in [0.5, 0.6) is 0 Å². The number of aromatic nitrogens is 3. The van der Waals surface area contributed by atoms with Crippen molar-refractivity contribution in [2.24, 2.45) is 0 Å². The molecule has 0 aliphatic heterocycles. The molecule has 3 heteroatoms. The molecular formula is C20H21N3. The molecule has 0 amide bonds. The van der Waals surface area contributed by atoms with Crippen molar-refractivity contribution in [1.29, 1.82) is 0 Å². The van der Waals surface area contributed by atoms with Gasteiger partial charge in [0.05, 0.1) is 0 Å². The van der Waals surface area contributed by atoms with Crippen LogP contribution in [0.1, 0.15) is 25.0 Å². The van der Waals surface area contributed by atoms with E-state index in [0.29, 0.717) is 0 Å². The van der Waals surface area contributed by atoms with Crippen molar-refractivity contribution in [2.75, 3.05) is 0 Å². The summed E-state index contributed by atoms with van der Waals surface area (Å²) in [4.78, 5) is 0. The Kier molecular flexibility index (Phi) is 4.11. The quantitative estimate of drug-likeness (QED) is 0.484. The van der Waals surface area contributed by atoms with Crippen LogP contribution >= 0.6 is 0 Å². The van der Waals surface area contributed by atoms with Crippen LogP contribution in [0.3, 0.4) is 0 Å². The zero-order chi connectivity index (χ0) is 16.4. The highest BCUT2D eigenvalue weighted by Crippen LogP contribution is 2.25. The van der Waals surface area contributed by atoms with Crippen LogP contribution in [0.15, 0.2) is 54.7 Å². The SMILES string of the molecule is CC.Cc1ccc(-c2nnc3c4cccc(C)c4ccn23)cc1. The van der Waals surface area contributed by atoms with Crippen molar-refractivity contribution in [1.82, 2.24) is 14.6 Å². The molecule has 2 aromatic heterocycles. The number of fused-ring (bicyclic) bond motifs is 3. The summed E-state index contributed by atoms with van der Waals surface area (Å²) in [7, 11) is 0. The van der Waals surface area contributed by atoms with Crippen molar-refractivity contribution in [2.45, 2.75) is 27.7 Å². The minimum absolute atomic E-state index is 0.883. The van der Waals surface area contributed by atoms with Crippen molar-refractivity contribution in [3.63, 3.8) is 0 Å². The molecule has 3 nitrogen and oxygen atoms in total. The minimum Gasteiger partial charge on any atom is -0.282 e. The maximum atomic E-state index is 4.40. The smallest absolute Gasteiger partial charge is 0.168 e. The van der Waals surface area contributed by atoms with E-state index >= 15 is 0 Å². The zero-order valence-electron chi connectivity index (χ0n) is 14.0. The molecule has 4 aromatic rings. The third-order valence-corrected chi connectivity index (χ3v) is 3.96. The second-order valence-electron chi connectivity index (χ2n) is 5.44. The minimum atomic E-state index is 0.883. The lowest BCUT2D eigenvalue weighted by atomic mass is 10.1. The highest BCUT2D eigenvalue weighted by Gasteiger charge is 2.10. The van der Waals surface area contributed by atoms with Crippen LogP contribution in [0.2, 0.25) is 0 Å². The standard InChI is InChI=1S/C18H15N3.C2H6/c1-12-6-8-14(9-7-12)17-19-20-18-16-5-3-4-13(2)15(16)10-11-21(17)18;1-2/h3-11H,1-2H3;1-2H3. The van der Waals surface area contributed by atoms with Crippen LogP contribution in [0.25, 0.3) is 27.8 Å². The van der Waals surface area contributed by atoms with E-state index in [9.17, 15) is 0 Å². The van der Waals surface area contributed by atoms with Gasteiger partial charge in [0, 0.05) is 17.1 Å². The van der Waals surface area contributed by atoms with Gasteiger partial charge in [0.25, 0.3) is 0 Å². The molecule has 0 unspecified atom stereocenters. The fourth-order valence-corrected chi connectivity index (χ4v) is 2.76. The Balaban J connectivity index is 0.000000753. The monoisotopic (exact) mass is 303 g/mol. The van der Waals surface area contributed by atoms with Gasteiger partial charge >= 0.3 is 0 Å². The molecule has 2 heterocycles. The van der Waals surface area contributed by atoms with E-state index in [1.807, 2.05) is 13.8 Å². The molecule has 0 N–H and O–H groups in total. The zero-order valence-corrected chi connectivity index (χ0v) is 14.0. The normalized spacial score (nSPS) is 10.6. The van der Waals surface area contributed by atoms with Crippen molar-refractivity contribution in [3.8, 4) is 11.4 Å². The summed E-state index contributed by atoms with van der Waals surface area (Å²) in [5.74, 6) is 0.883. The summed E-state index contributed by atoms with van der Waals surface area (Å²) in [6, 6.07) is 16.8. The molecule has 0 fully saturated rings. The summed E-state index contributed by atoms with van der Waals surface area (Å²) < 4.78 is 2.06. The first-order valence-corrected chi connectivity index (χ1v) is 8.04. The summed E-state index contributed by atoms with van der Waals surface area (Å²) in [5, 5.41) is 11.2. The summed E-state index contributed by atoms with van der Waals surface area (Å²) in [6.45, 7) is 8.21. The predicted octanol–water partition coefficient (Wildman–Crippen LogP) is 5.19. The average molecular weight is 303 g/mol. The highest BCUT2D eigenvalue weighted by molar-refractivity contribution is 5.96. The molecular weight excluding hydrogens is 282 g/mol. The molecule has 0 bridgehead atoms. The largest absolute Gasteiger partial charge is 0.282 e. The molecule has 4 rings (SSSR count). The lowest BCUT2D eigenvalue weighted by Crippen LogP contribution is -1.91. The van der Waals surface area contributed by atoms with E-state index in [1.165, 1.54) is 16.5 Å². The van der Waals surface area contributed by atoms with Crippen molar-refractivity contribution < 1.29 is 0 Å². The Morgan fingerprint density at radius 3 is 2.26 bits per heavy atom. The molecule has 2 aromatic carbocycles. The summed E-state index contributed by atoms with van der Waals surface area (Å²) in [6.07, 6.45) is 2.06. The molecule has 0 saturated carbocycles. The Hall–Kier alpha value is -2.68. The van der Waals surface area contributed by atoms with Crippen LogP contribution in [0, 0.1) is 13.8 Å². The number of hydrogen-bond acceptors (Lipinski definition) is 2. The lowest BCUT2D eigenvalue weighted by Gasteiger charge is -2.05. The van der Waals surface area contributed by atoms with Gasteiger partial charge in [-0.15, -0.1) is 10.2 Å². The second-order valence-corrected chi connectivity index (χ2v) is 5.44. The Morgan fingerprint density at radius 2 is 1.52 bits per heavy atom. The topological polar surface area (TPSA) is 30.2 Å². The number of nitrogens with zero attached hydrogens (tertiary/aromatic N) is 3. The number of aryl methyl sites for hydroxylation is 2.